The summed E-state index contributed by atoms with van der Waals surface area (Å²) in [6.45, 7) is 3.32. The Hall–Kier alpha value is -1.14. The second-order valence-electron chi connectivity index (χ2n) is 7.39. The number of ether oxygens (including phenoxy) is 1. The van der Waals surface area contributed by atoms with E-state index >= 15 is 0 Å². The van der Waals surface area contributed by atoms with E-state index in [1.54, 1.807) is 0 Å². The van der Waals surface area contributed by atoms with Crippen LogP contribution < -0.4 is 0 Å². The number of carbonyl (C=O) groups excluding carboxylic acids is 2. The number of hydrogen-bond donors (Lipinski definition) is 1. The average molecular weight is 338 g/mol. The standard InChI is InChI=1S/C18H30N2O4/c21-15-5-4-14-24-18(15)8-12-20(13-9-18)17(23)7-11-19-10-3-1-2-6-16(19)22/h15,21H,1-14H2/t15-/m1/s1. The van der Waals surface area contributed by atoms with Crippen molar-refractivity contribution >= 4 is 11.8 Å². The zero-order valence-electron chi connectivity index (χ0n) is 14.5. The van der Waals surface area contributed by atoms with Crippen molar-refractivity contribution in [2.75, 3.05) is 32.8 Å². The maximum absolute atomic E-state index is 12.5. The van der Waals surface area contributed by atoms with Gasteiger partial charge in [-0.15, -0.1) is 0 Å². The lowest BCUT2D eigenvalue weighted by molar-refractivity contribution is -0.179. The van der Waals surface area contributed by atoms with Gasteiger partial charge in [0.2, 0.25) is 11.8 Å². The highest BCUT2D eigenvalue weighted by Gasteiger charge is 2.44. The number of rotatable bonds is 3. The highest BCUT2D eigenvalue weighted by molar-refractivity contribution is 5.79. The van der Waals surface area contributed by atoms with Crippen LogP contribution in [0.3, 0.4) is 0 Å². The predicted molar refractivity (Wildman–Crippen MR) is 89.4 cm³/mol. The summed E-state index contributed by atoms with van der Waals surface area (Å²) >= 11 is 0. The van der Waals surface area contributed by atoms with Crippen LogP contribution in [-0.2, 0) is 14.3 Å². The van der Waals surface area contributed by atoms with Crippen molar-refractivity contribution in [3.63, 3.8) is 0 Å². The quantitative estimate of drug-likeness (QED) is 0.842. The van der Waals surface area contributed by atoms with Crippen LogP contribution in [-0.4, -0.2) is 71.2 Å². The molecule has 1 spiro atoms. The van der Waals surface area contributed by atoms with Gasteiger partial charge in [0.25, 0.3) is 0 Å². The smallest absolute Gasteiger partial charge is 0.224 e. The third-order valence-electron chi connectivity index (χ3n) is 5.85. The Balaban J connectivity index is 1.46. The first-order valence-electron chi connectivity index (χ1n) is 9.48. The van der Waals surface area contributed by atoms with Crippen LogP contribution in [0.4, 0.5) is 0 Å². The van der Waals surface area contributed by atoms with Gasteiger partial charge in [0.05, 0.1) is 11.7 Å². The summed E-state index contributed by atoms with van der Waals surface area (Å²) in [5.41, 5.74) is -0.435. The summed E-state index contributed by atoms with van der Waals surface area (Å²) in [6.07, 6.45) is 6.87. The van der Waals surface area contributed by atoms with Crippen LogP contribution >= 0.6 is 0 Å². The minimum absolute atomic E-state index is 0.118. The van der Waals surface area contributed by atoms with Gasteiger partial charge in [-0.1, -0.05) is 6.42 Å². The molecule has 0 aromatic rings. The second-order valence-corrected chi connectivity index (χ2v) is 7.39. The van der Waals surface area contributed by atoms with E-state index in [0.717, 1.165) is 38.6 Å². The zero-order chi connectivity index (χ0) is 17.0. The molecule has 3 fully saturated rings. The monoisotopic (exact) mass is 338 g/mol. The third kappa shape index (κ3) is 3.91. The van der Waals surface area contributed by atoms with Crippen LogP contribution in [0.25, 0.3) is 0 Å². The summed E-state index contributed by atoms with van der Waals surface area (Å²) in [7, 11) is 0. The molecule has 6 heteroatoms. The van der Waals surface area contributed by atoms with Gasteiger partial charge >= 0.3 is 0 Å². The fraction of sp³-hybridized carbons (Fsp3) is 0.889. The topological polar surface area (TPSA) is 70.1 Å². The number of likely N-dealkylation sites (tertiary alicyclic amines) is 2. The fourth-order valence-electron chi connectivity index (χ4n) is 4.19. The van der Waals surface area contributed by atoms with Crippen LogP contribution in [0.1, 0.15) is 57.8 Å². The number of aliphatic hydroxyl groups is 1. The molecule has 0 radical (unpaired) electrons. The maximum Gasteiger partial charge on any atom is 0.224 e. The molecule has 1 atom stereocenters. The normalized spacial score (nSPS) is 28.0. The van der Waals surface area contributed by atoms with Gasteiger partial charge in [0, 0.05) is 45.6 Å². The first-order valence-corrected chi connectivity index (χ1v) is 9.48. The first-order chi connectivity index (χ1) is 11.6. The van der Waals surface area contributed by atoms with Crippen LogP contribution in [0.15, 0.2) is 0 Å². The molecule has 0 aromatic heterocycles. The van der Waals surface area contributed by atoms with E-state index in [1.807, 2.05) is 9.80 Å². The Morgan fingerprint density at radius 2 is 1.96 bits per heavy atom. The summed E-state index contributed by atoms with van der Waals surface area (Å²) < 4.78 is 5.89. The zero-order valence-corrected chi connectivity index (χ0v) is 14.5. The molecular formula is C18H30N2O4. The lowest BCUT2D eigenvalue weighted by Crippen LogP contribution is -2.56. The Labute approximate surface area is 144 Å². The summed E-state index contributed by atoms with van der Waals surface area (Å²) in [5.74, 6) is 0.309. The molecule has 1 N–H and O–H groups in total. The number of carbonyl (C=O) groups is 2. The van der Waals surface area contributed by atoms with E-state index in [9.17, 15) is 14.7 Å². The van der Waals surface area contributed by atoms with E-state index < -0.39 is 11.7 Å². The number of piperidine rings is 1. The minimum atomic E-state index is -0.435. The third-order valence-corrected chi connectivity index (χ3v) is 5.85. The Kier molecular flexibility index (Phi) is 5.76. The average Bonchev–Trinajstić information content (AvgIpc) is 2.80. The number of amides is 2. The summed E-state index contributed by atoms with van der Waals surface area (Å²) in [5, 5.41) is 10.3. The van der Waals surface area contributed by atoms with E-state index in [0.29, 0.717) is 51.9 Å². The Morgan fingerprint density at radius 3 is 2.71 bits per heavy atom. The van der Waals surface area contributed by atoms with Gasteiger partial charge in [-0.3, -0.25) is 9.59 Å². The molecule has 0 aromatic carbocycles. The predicted octanol–water partition coefficient (Wildman–Crippen LogP) is 1.31. The SMILES string of the molecule is O=C1CCCCCN1CCC(=O)N1CCC2(CC1)OCCC[C@H]2O. The molecule has 0 bridgehead atoms. The number of aliphatic hydroxyl groups excluding tert-OH is 1. The fourth-order valence-corrected chi connectivity index (χ4v) is 4.19. The van der Waals surface area contributed by atoms with E-state index in [-0.39, 0.29) is 11.8 Å². The van der Waals surface area contributed by atoms with Crippen LogP contribution in [0.2, 0.25) is 0 Å². The van der Waals surface area contributed by atoms with E-state index in [2.05, 4.69) is 0 Å². The second kappa shape index (κ2) is 7.83. The molecule has 0 aliphatic carbocycles. The highest BCUT2D eigenvalue weighted by Crippen LogP contribution is 2.35. The molecular weight excluding hydrogens is 308 g/mol. The minimum Gasteiger partial charge on any atom is -0.390 e. The van der Waals surface area contributed by atoms with Crippen molar-refractivity contribution in [1.82, 2.24) is 9.80 Å². The van der Waals surface area contributed by atoms with Gasteiger partial charge in [0.15, 0.2) is 0 Å². The van der Waals surface area contributed by atoms with Crippen LogP contribution in [0, 0.1) is 0 Å². The summed E-state index contributed by atoms with van der Waals surface area (Å²) in [6, 6.07) is 0. The molecule has 3 heterocycles. The van der Waals surface area contributed by atoms with Gasteiger partial charge < -0.3 is 19.6 Å². The van der Waals surface area contributed by atoms with Crippen molar-refractivity contribution in [2.45, 2.75) is 69.5 Å². The lowest BCUT2D eigenvalue weighted by atomic mass is 9.82. The molecule has 0 unspecified atom stereocenters. The van der Waals surface area contributed by atoms with Crippen molar-refractivity contribution in [3.05, 3.63) is 0 Å². The lowest BCUT2D eigenvalue weighted by Gasteiger charge is -2.46. The number of nitrogens with zero attached hydrogens (tertiary/aromatic N) is 2. The van der Waals surface area contributed by atoms with Crippen molar-refractivity contribution in [2.24, 2.45) is 0 Å². The van der Waals surface area contributed by atoms with Gasteiger partial charge in [-0.2, -0.15) is 0 Å². The Bertz CT molecular complexity index is 460. The molecule has 0 saturated carbocycles. The van der Waals surface area contributed by atoms with E-state index in [1.165, 1.54) is 0 Å². The van der Waals surface area contributed by atoms with Crippen molar-refractivity contribution in [1.29, 1.82) is 0 Å². The van der Waals surface area contributed by atoms with E-state index in [4.69, 9.17) is 4.74 Å². The maximum atomic E-state index is 12.5. The molecule has 3 rings (SSSR count). The number of hydrogen-bond acceptors (Lipinski definition) is 4. The molecule has 136 valence electrons. The molecule has 3 saturated heterocycles. The van der Waals surface area contributed by atoms with Crippen LogP contribution in [0.5, 0.6) is 0 Å². The van der Waals surface area contributed by atoms with Crippen molar-refractivity contribution < 1.29 is 19.4 Å². The van der Waals surface area contributed by atoms with Gasteiger partial charge in [-0.05, 0) is 38.5 Å². The van der Waals surface area contributed by atoms with Crippen molar-refractivity contribution in [3.8, 4) is 0 Å². The largest absolute Gasteiger partial charge is 0.390 e. The van der Waals surface area contributed by atoms with Gasteiger partial charge in [0.1, 0.15) is 0 Å². The molecule has 2 amide bonds. The van der Waals surface area contributed by atoms with Gasteiger partial charge in [-0.25, -0.2) is 0 Å². The highest BCUT2D eigenvalue weighted by atomic mass is 16.5. The molecule has 3 aliphatic heterocycles. The molecule has 3 aliphatic rings. The molecule has 6 nitrogen and oxygen atoms in total. The first kappa shape index (κ1) is 17.7. The molecule has 24 heavy (non-hydrogen) atoms. The Morgan fingerprint density at radius 1 is 1.17 bits per heavy atom. The summed E-state index contributed by atoms with van der Waals surface area (Å²) in [4.78, 5) is 28.2.